The molecule has 2 heterocycles. The van der Waals surface area contributed by atoms with Gasteiger partial charge in [0.1, 0.15) is 4.90 Å². The van der Waals surface area contributed by atoms with Crippen LogP contribution in [0.4, 0.5) is 0 Å². The quantitative estimate of drug-likeness (QED) is 0.642. The van der Waals surface area contributed by atoms with E-state index in [1.54, 1.807) is 18.3 Å². The predicted molar refractivity (Wildman–Crippen MR) is 120 cm³/mol. The summed E-state index contributed by atoms with van der Waals surface area (Å²) >= 11 is 0. The number of benzene rings is 2. The van der Waals surface area contributed by atoms with Crippen LogP contribution in [-0.2, 0) is 10.0 Å². The third-order valence-electron chi connectivity index (χ3n) is 5.65. The molecule has 1 aliphatic heterocycles. The Kier molecular flexibility index (Phi) is 6.44. The highest BCUT2D eigenvalue weighted by atomic mass is 32.2. The fourth-order valence-electron chi connectivity index (χ4n) is 3.79. The van der Waals surface area contributed by atoms with Crippen molar-refractivity contribution in [3.05, 3.63) is 84.7 Å². The van der Waals surface area contributed by atoms with Crippen LogP contribution in [0, 0.1) is 5.92 Å². The van der Waals surface area contributed by atoms with E-state index >= 15 is 0 Å². The van der Waals surface area contributed by atoms with Gasteiger partial charge >= 0.3 is 0 Å². The molecule has 1 N–H and O–H groups in total. The van der Waals surface area contributed by atoms with Crippen molar-refractivity contribution in [1.29, 1.82) is 0 Å². The van der Waals surface area contributed by atoms with Crippen molar-refractivity contribution < 1.29 is 13.2 Å². The van der Waals surface area contributed by atoms with Gasteiger partial charge in [0.05, 0.1) is 0 Å². The van der Waals surface area contributed by atoms with E-state index in [0.717, 1.165) is 11.1 Å². The summed E-state index contributed by atoms with van der Waals surface area (Å²) in [4.78, 5) is 16.6. The smallest absolute Gasteiger partial charge is 0.251 e. The van der Waals surface area contributed by atoms with Crippen LogP contribution in [0.1, 0.15) is 23.2 Å². The van der Waals surface area contributed by atoms with Crippen molar-refractivity contribution in [2.75, 3.05) is 19.6 Å². The van der Waals surface area contributed by atoms with Crippen molar-refractivity contribution in [1.82, 2.24) is 14.6 Å². The monoisotopic (exact) mass is 435 g/mol. The van der Waals surface area contributed by atoms with Crippen LogP contribution >= 0.6 is 0 Å². The summed E-state index contributed by atoms with van der Waals surface area (Å²) in [6, 6.07) is 20.8. The molecule has 160 valence electrons. The highest BCUT2D eigenvalue weighted by Gasteiger charge is 2.29. The molecule has 0 atom stereocenters. The highest BCUT2D eigenvalue weighted by molar-refractivity contribution is 7.89. The maximum Gasteiger partial charge on any atom is 0.251 e. The first-order valence-electron chi connectivity index (χ1n) is 10.4. The Morgan fingerprint density at radius 3 is 2.26 bits per heavy atom. The number of amides is 1. The minimum absolute atomic E-state index is 0.106. The first kappa shape index (κ1) is 21.2. The molecule has 7 heteroatoms. The standard InChI is InChI=1S/C24H25N3O3S/c28-24(22-10-8-21(9-11-22)20-5-2-1-3-6-20)26-17-19-12-15-27(16-13-19)31(29,30)23-7-4-14-25-18-23/h1-11,14,18-19H,12-13,15-17H2,(H,26,28). The van der Waals surface area contributed by atoms with E-state index in [2.05, 4.69) is 10.3 Å². The number of carbonyl (C=O) groups excluding carboxylic acids is 1. The zero-order chi connectivity index (χ0) is 21.7. The molecule has 0 spiro atoms. The lowest BCUT2D eigenvalue weighted by Crippen LogP contribution is -2.41. The first-order chi connectivity index (χ1) is 15.0. The summed E-state index contributed by atoms with van der Waals surface area (Å²) in [5.41, 5.74) is 2.80. The second-order valence-corrected chi connectivity index (χ2v) is 9.63. The van der Waals surface area contributed by atoms with Gasteiger partial charge in [0.2, 0.25) is 10.0 Å². The zero-order valence-corrected chi connectivity index (χ0v) is 18.0. The number of pyridine rings is 1. The van der Waals surface area contributed by atoms with Gasteiger partial charge in [-0.3, -0.25) is 9.78 Å². The van der Waals surface area contributed by atoms with Gasteiger partial charge in [-0.25, -0.2) is 8.42 Å². The van der Waals surface area contributed by atoms with E-state index in [0.29, 0.717) is 38.0 Å². The lowest BCUT2D eigenvalue weighted by molar-refractivity contribution is 0.0941. The van der Waals surface area contributed by atoms with E-state index in [-0.39, 0.29) is 16.7 Å². The first-order valence-corrected chi connectivity index (χ1v) is 11.8. The van der Waals surface area contributed by atoms with E-state index in [1.807, 2.05) is 54.6 Å². The summed E-state index contributed by atoms with van der Waals surface area (Å²) < 4.78 is 26.9. The molecular weight excluding hydrogens is 410 g/mol. The van der Waals surface area contributed by atoms with Gasteiger partial charge in [-0.15, -0.1) is 0 Å². The number of hydrogen-bond acceptors (Lipinski definition) is 4. The van der Waals surface area contributed by atoms with Crippen molar-refractivity contribution >= 4 is 15.9 Å². The summed E-state index contributed by atoms with van der Waals surface area (Å²) in [6.07, 6.45) is 4.37. The number of carbonyl (C=O) groups is 1. The van der Waals surface area contributed by atoms with Crippen LogP contribution < -0.4 is 5.32 Å². The zero-order valence-electron chi connectivity index (χ0n) is 17.1. The van der Waals surface area contributed by atoms with E-state index in [1.165, 1.54) is 10.5 Å². The number of nitrogens with zero attached hydrogens (tertiary/aromatic N) is 2. The molecule has 6 nitrogen and oxygen atoms in total. The molecule has 1 aliphatic rings. The minimum Gasteiger partial charge on any atom is -0.352 e. The highest BCUT2D eigenvalue weighted by Crippen LogP contribution is 2.23. The second-order valence-electron chi connectivity index (χ2n) is 7.69. The van der Waals surface area contributed by atoms with Crippen LogP contribution in [0.5, 0.6) is 0 Å². The number of hydrogen-bond donors (Lipinski definition) is 1. The Morgan fingerprint density at radius 1 is 0.935 bits per heavy atom. The molecule has 31 heavy (non-hydrogen) atoms. The number of piperidine rings is 1. The minimum atomic E-state index is -3.50. The normalized spacial score (nSPS) is 15.5. The molecule has 2 aromatic carbocycles. The third kappa shape index (κ3) is 5.00. The molecule has 0 bridgehead atoms. The SMILES string of the molecule is O=C(NCC1CCN(S(=O)(=O)c2cccnc2)CC1)c1ccc(-c2ccccc2)cc1. The topological polar surface area (TPSA) is 79.4 Å². The van der Waals surface area contributed by atoms with Crippen molar-refractivity contribution in [3.8, 4) is 11.1 Å². The molecule has 0 unspecified atom stereocenters. The molecule has 0 aliphatic carbocycles. The molecule has 0 radical (unpaired) electrons. The van der Waals surface area contributed by atoms with Crippen LogP contribution in [-0.4, -0.2) is 43.2 Å². The molecule has 1 amide bonds. The fraction of sp³-hybridized carbons (Fsp3) is 0.250. The van der Waals surface area contributed by atoms with E-state index < -0.39 is 10.0 Å². The second kappa shape index (κ2) is 9.41. The molecule has 4 rings (SSSR count). The van der Waals surface area contributed by atoms with E-state index in [4.69, 9.17) is 0 Å². The molecule has 1 fully saturated rings. The van der Waals surface area contributed by atoms with Crippen LogP contribution in [0.25, 0.3) is 11.1 Å². The average molecular weight is 436 g/mol. The van der Waals surface area contributed by atoms with Gasteiger partial charge in [0.15, 0.2) is 0 Å². The summed E-state index contributed by atoms with van der Waals surface area (Å²) in [7, 11) is -3.50. The number of nitrogens with one attached hydrogen (secondary N) is 1. The van der Waals surface area contributed by atoms with Crippen molar-refractivity contribution in [3.63, 3.8) is 0 Å². The Bertz CT molecular complexity index is 1110. The van der Waals surface area contributed by atoms with Crippen molar-refractivity contribution in [2.45, 2.75) is 17.7 Å². The number of rotatable bonds is 6. The molecular formula is C24H25N3O3S. The van der Waals surface area contributed by atoms with Crippen LogP contribution in [0.2, 0.25) is 0 Å². The lowest BCUT2D eigenvalue weighted by Gasteiger charge is -2.31. The van der Waals surface area contributed by atoms with Gasteiger partial charge in [0.25, 0.3) is 5.91 Å². The van der Waals surface area contributed by atoms with Gasteiger partial charge in [-0.1, -0.05) is 42.5 Å². The average Bonchev–Trinajstić information content (AvgIpc) is 2.84. The molecule has 1 aromatic heterocycles. The molecule has 3 aromatic rings. The van der Waals surface area contributed by atoms with Gasteiger partial charge in [0, 0.05) is 37.6 Å². The molecule has 1 saturated heterocycles. The summed E-state index contributed by atoms with van der Waals surface area (Å²) in [5.74, 6) is 0.151. The van der Waals surface area contributed by atoms with Gasteiger partial charge in [-0.05, 0) is 54.2 Å². The lowest BCUT2D eigenvalue weighted by atomic mass is 9.98. The Hall–Kier alpha value is -3.03. The Balaban J connectivity index is 1.28. The fourth-order valence-corrected chi connectivity index (χ4v) is 5.22. The van der Waals surface area contributed by atoms with Crippen LogP contribution in [0.15, 0.2) is 84.0 Å². The maximum absolute atomic E-state index is 12.7. The number of sulfonamides is 1. The summed E-state index contributed by atoms with van der Waals surface area (Å²) in [6.45, 7) is 1.44. The maximum atomic E-state index is 12.7. The Labute approximate surface area is 183 Å². The molecule has 0 saturated carbocycles. The van der Waals surface area contributed by atoms with Crippen LogP contribution in [0.3, 0.4) is 0 Å². The van der Waals surface area contributed by atoms with E-state index in [9.17, 15) is 13.2 Å². The Morgan fingerprint density at radius 2 is 1.61 bits per heavy atom. The third-order valence-corrected chi connectivity index (χ3v) is 7.53. The van der Waals surface area contributed by atoms with Crippen molar-refractivity contribution in [2.24, 2.45) is 5.92 Å². The number of aromatic nitrogens is 1. The van der Waals surface area contributed by atoms with Gasteiger partial charge < -0.3 is 5.32 Å². The predicted octanol–water partition coefficient (Wildman–Crippen LogP) is 3.58. The van der Waals surface area contributed by atoms with Gasteiger partial charge in [-0.2, -0.15) is 4.31 Å². The summed E-state index contributed by atoms with van der Waals surface area (Å²) in [5, 5.41) is 3.00. The largest absolute Gasteiger partial charge is 0.352 e.